The van der Waals surface area contributed by atoms with Crippen molar-refractivity contribution in [2.45, 2.75) is 82.6 Å². The lowest BCUT2D eigenvalue weighted by molar-refractivity contribution is -0.0623. The molecular formula is C20H28FNO3. The van der Waals surface area contributed by atoms with Crippen molar-refractivity contribution < 1.29 is 19.0 Å². The van der Waals surface area contributed by atoms with Crippen LogP contribution in [0.1, 0.15) is 58.4 Å². The van der Waals surface area contributed by atoms with E-state index in [0.29, 0.717) is 25.7 Å². The summed E-state index contributed by atoms with van der Waals surface area (Å²) >= 11 is 0. The second kappa shape index (κ2) is 6.60. The van der Waals surface area contributed by atoms with Crippen LogP contribution in [0.4, 0.5) is 9.18 Å². The van der Waals surface area contributed by atoms with Gasteiger partial charge in [-0.15, -0.1) is 0 Å². The van der Waals surface area contributed by atoms with Crippen LogP contribution < -0.4 is 0 Å². The molecule has 0 radical (unpaired) electrons. The highest BCUT2D eigenvalue weighted by Crippen LogP contribution is 2.43. The van der Waals surface area contributed by atoms with Crippen molar-refractivity contribution in [3.8, 4) is 0 Å². The monoisotopic (exact) mass is 349 g/mol. The minimum atomic E-state index is -0.795. The lowest BCUT2D eigenvalue weighted by atomic mass is 9.82. The van der Waals surface area contributed by atoms with E-state index in [-0.39, 0.29) is 24.0 Å². The van der Waals surface area contributed by atoms with E-state index in [1.165, 1.54) is 12.1 Å². The summed E-state index contributed by atoms with van der Waals surface area (Å²) in [6.07, 6.45) is 3.91. The molecule has 2 heterocycles. The normalized spacial score (nSPS) is 28.9. The average Bonchev–Trinajstić information content (AvgIpc) is 2.77. The van der Waals surface area contributed by atoms with E-state index in [1.54, 1.807) is 6.07 Å². The third kappa shape index (κ3) is 4.32. The smallest absolute Gasteiger partial charge is 0.410 e. The molecule has 138 valence electrons. The number of fused-ring (bicyclic) bond motifs is 2. The van der Waals surface area contributed by atoms with Crippen molar-refractivity contribution in [2.24, 2.45) is 0 Å². The highest BCUT2D eigenvalue weighted by atomic mass is 19.1. The van der Waals surface area contributed by atoms with Crippen molar-refractivity contribution in [1.29, 1.82) is 0 Å². The number of ether oxygens (including phenoxy) is 1. The summed E-state index contributed by atoms with van der Waals surface area (Å²) in [4.78, 5) is 14.3. The largest absolute Gasteiger partial charge is 0.444 e. The number of rotatable bonds is 3. The fourth-order valence-electron chi connectivity index (χ4n) is 4.21. The van der Waals surface area contributed by atoms with Crippen LogP contribution >= 0.6 is 0 Å². The van der Waals surface area contributed by atoms with Crippen molar-refractivity contribution in [3.63, 3.8) is 0 Å². The van der Waals surface area contributed by atoms with E-state index < -0.39 is 11.2 Å². The Morgan fingerprint density at radius 2 is 1.96 bits per heavy atom. The van der Waals surface area contributed by atoms with Crippen molar-refractivity contribution >= 4 is 6.09 Å². The van der Waals surface area contributed by atoms with E-state index in [1.807, 2.05) is 31.7 Å². The Bertz CT molecular complexity index is 626. The molecule has 0 aliphatic carbocycles. The molecule has 1 aromatic carbocycles. The maximum absolute atomic E-state index is 13.3. The standard InChI is InChI=1S/C20H28FNO3/c1-19(2,3)25-18(23)22-16-7-8-17(22)13-20(24,12-16)10-9-14-5-4-6-15(21)11-14/h4-6,11,16-17,24H,7-10,12-13H2,1-3H3. The van der Waals surface area contributed by atoms with E-state index in [2.05, 4.69) is 0 Å². The van der Waals surface area contributed by atoms with Crippen LogP contribution in [0.5, 0.6) is 0 Å². The molecule has 25 heavy (non-hydrogen) atoms. The molecule has 2 saturated heterocycles. The van der Waals surface area contributed by atoms with Gasteiger partial charge in [0.2, 0.25) is 0 Å². The summed E-state index contributed by atoms with van der Waals surface area (Å²) in [6.45, 7) is 5.60. The number of carbonyl (C=O) groups excluding carboxylic acids is 1. The van der Waals surface area contributed by atoms with Gasteiger partial charge in [0.1, 0.15) is 11.4 Å². The lowest BCUT2D eigenvalue weighted by Crippen LogP contribution is -2.54. The van der Waals surface area contributed by atoms with Gasteiger partial charge in [-0.3, -0.25) is 0 Å². The van der Waals surface area contributed by atoms with Crippen LogP contribution in [0, 0.1) is 5.82 Å². The number of hydrogen-bond acceptors (Lipinski definition) is 3. The van der Waals surface area contributed by atoms with E-state index in [4.69, 9.17) is 4.74 Å². The molecule has 2 unspecified atom stereocenters. The molecule has 2 aliphatic rings. The van der Waals surface area contributed by atoms with Crippen LogP contribution in [0.3, 0.4) is 0 Å². The minimum Gasteiger partial charge on any atom is -0.444 e. The number of nitrogens with zero attached hydrogens (tertiary/aromatic N) is 1. The zero-order valence-corrected chi connectivity index (χ0v) is 15.3. The first-order valence-electron chi connectivity index (χ1n) is 9.13. The Hall–Kier alpha value is -1.62. The highest BCUT2D eigenvalue weighted by molar-refractivity contribution is 5.69. The number of aryl methyl sites for hydroxylation is 1. The predicted molar refractivity (Wildman–Crippen MR) is 93.8 cm³/mol. The van der Waals surface area contributed by atoms with Gasteiger partial charge in [-0.1, -0.05) is 12.1 Å². The first kappa shape index (κ1) is 18.2. The number of piperidine rings is 1. The number of carbonyl (C=O) groups is 1. The fraction of sp³-hybridized carbons (Fsp3) is 0.650. The van der Waals surface area contributed by atoms with Gasteiger partial charge < -0.3 is 14.7 Å². The summed E-state index contributed by atoms with van der Waals surface area (Å²) in [7, 11) is 0. The summed E-state index contributed by atoms with van der Waals surface area (Å²) in [5.74, 6) is -0.246. The number of amides is 1. The van der Waals surface area contributed by atoms with Crippen molar-refractivity contribution in [2.75, 3.05) is 0 Å². The summed E-state index contributed by atoms with van der Waals surface area (Å²) in [5, 5.41) is 11.0. The predicted octanol–water partition coefficient (Wildman–Crippen LogP) is 4.05. The molecule has 5 heteroatoms. The molecule has 2 atom stereocenters. The van der Waals surface area contributed by atoms with Crippen LogP contribution in [-0.4, -0.2) is 39.4 Å². The lowest BCUT2D eigenvalue weighted by Gasteiger charge is -2.44. The quantitative estimate of drug-likeness (QED) is 0.895. The molecule has 2 bridgehead atoms. The summed E-state index contributed by atoms with van der Waals surface area (Å²) in [6, 6.07) is 6.60. The van der Waals surface area contributed by atoms with Gasteiger partial charge in [0, 0.05) is 12.1 Å². The summed E-state index contributed by atoms with van der Waals surface area (Å²) in [5.41, 5.74) is -0.409. The zero-order chi connectivity index (χ0) is 18.2. The average molecular weight is 349 g/mol. The van der Waals surface area contributed by atoms with E-state index >= 15 is 0 Å². The van der Waals surface area contributed by atoms with Crippen LogP contribution in [0.15, 0.2) is 24.3 Å². The molecule has 2 fully saturated rings. The van der Waals surface area contributed by atoms with Gasteiger partial charge in [-0.25, -0.2) is 9.18 Å². The Morgan fingerprint density at radius 1 is 1.32 bits per heavy atom. The molecule has 4 nitrogen and oxygen atoms in total. The maximum atomic E-state index is 13.3. The molecule has 3 rings (SSSR count). The minimum absolute atomic E-state index is 0.0334. The molecule has 0 spiro atoms. The summed E-state index contributed by atoms with van der Waals surface area (Å²) < 4.78 is 18.8. The molecule has 1 amide bonds. The van der Waals surface area contributed by atoms with Gasteiger partial charge in [-0.05, 0) is 77.0 Å². The van der Waals surface area contributed by atoms with Crippen molar-refractivity contribution in [3.05, 3.63) is 35.6 Å². The Balaban J connectivity index is 1.63. The first-order chi connectivity index (χ1) is 11.7. The zero-order valence-electron chi connectivity index (χ0n) is 15.3. The Morgan fingerprint density at radius 3 is 2.52 bits per heavy atom. The Kier molecular flexibility index (Phi) is 4.80. The fourth-order valence-corrected chi connectivity index (χ4v) is 4.21. The third-order valence-corrected chi connectivity index (χ3v) is 5.22. The van der Waals surface area contributed by atoms with Gasteiger partial charge in [0.05, 0.1) is 5.60 Å². The second-order valence-electron chi connectivity index (χ2n) is 8.54. The molecular weight excluding hydrogens is 321 g/mol. The Labute approximate surface area is 149 Å². The van der Waals surface area contributed by atoms with Gasteiger partial charge >= 0.3 is 6.09 Å². The molecule has 0 aromatic heterocycles. The number of aliphatic hydroxyl groups is 1. The third-order valence-electron chi connectivity index (χ3n) is 5.22. The first-order valence-corrected chi connectivity index (χ1v) is 9.13. The van der Waals surface area contributed by atoms with Crippen LogP contribution in [-0.2, 0) is 11.2 Å². The topological polar surface area (TPSA) is 49.8 Å². The van der Waals surface area contributed by atoms with Gasteiger partial charge in [-0.2, -0.15) is 0 Å². The van der Waals surface area contributed by atoms with Gasteiger partial charge in [0.15, 0.2) is 0 Å². The molecule has 0 saturated carbocycles. The number of halogens is 1. The van der Waals surface area contributed by atoms with Crippen LogP contribution in [0.2, 0.25) is 0 Å². The molecule has 1 N–H and O–H groups in total. The second-order valence-corrected chi connectivity index (χ2v) is 8.54. The van der Waals surface area contributed by atoms with Crippen LogP contribution in [0.25, 0.3) is 0 Å². The number of hydrogen-bond donors (Lipinski definition) is 1. The number of benzene rings is 1. The van der Waals surface area contributed by atoms with E-state index in [9.17, 15) is 14.3 Å². The van der Waals surface area contributed by atoms with Gasteiger partial charge in [0.25, 0.3) is 0 Å². The maximum Gasteiger partial charge on any atom is 0.410 e. The van der Waals surface area contributed by atoms with E-state index in [0.717, 1.165) is 18.4 Å². The SMILES string of the molecule is CC(C)(C)OC(=O)N1C2CCC1CC(O)(CCc1cccc(F)c1)C2. The molecule has 2 aliphatic heterocycles. The molecule has 1 aromatic rings. The van der Waals surface area contributed by atoms with Crippen molar-refractivity contribution in [1.82, 2.24) is 4.90 Å². The highest BCUT2D eigenvalue weighted by Gasteiger charge is 2.50.